The van der Waals surface area contributed by atoms with Crippen molar-refractivity contribution in [1.82, 2.24) is 9.55 Å². The van der Waals surface area contributed by atoms with Crippen molar-refractivity contribution >= 4 is 22.7 Å². The molecule has 3 N–H and O–H groups in total. The molecule has 0 bridgehead atoms. The Bertz CT molecular complexity index is 1130. The summed E-state index contributed by atoms with van der Waals surface area (Å²) in [5.74, 6) is -2.22. The lowest BCUT2D eigenvalue weighted by Crippen LogP contribution is -2.39. The van der Waals surface area contributed by atoms with Gasteiger partial charge in [0.15, 0.2) is 0 Å². The van der Waals surface area contributed by atoms with Gasteiger partial charge in [0, 0.05) is 13.0 Å². The van der Waals surface area contributed by atoms with Gasteiger partial charge < -0.3 is 20.1 Å². The lowest BCUT2D eigenvalue weighted by Gasteiger charge is -2.39. The van der Waals surface area contributed by atoms with Crippen molar-refractivity contribution in [3.8, 4) is 0 Å². The summed E-state index contributed by atoms with van der Waals surface area (Å²) in [5.41, 5.74) is 1.37. The number of aliphatic hydroxyl groups is 1. The summed E-state index contributed by atoms with van der Waals surface area (Å²) in [7, 11) is 1.71. The smallest absolute Gasteiger partial charge is 0.389 e. The van der Waals surface area contributed by atoms with E-state index in [9.17, 15) is 28.2 Å². The van der Waals surface area contributed by atoms with Crippen molar-refractivity contribution in [2.75, 3.05) is 5.32 Å². The molecule has 0 radical (unpaired) electrons. The van der Waals surface area contributed by atoms with Gasteiger partial charge in [-0.1, -0.05) is 30.3 Å². The summed E-state index contributed by atoms with van der Waals surface area (Å²) in [6, 6.07) is 9.12. The number of carboxylic acid groups (broad SMARTS) is 1. The van der Waals surface area contributed by atoms with Crippen LogP contribution in [0.25, 0.3) is 11.0 Å². The third-order valence-corrected chi connectivity index (χ3v) is 5.71. The molecule has 9 heteroatoms. The summed E-state index contributed by atoms with van der Waals surface area (Å²) in [6.45, 7) is 1.73. The number of hydrogen-bond acceptors (Lipinski definition) is 4. The minimum absolute atomic E-state index is 0.0647. The highest BCUT2D eigenvalue weighted by Crippen LogP contribution is 2.49. The normalized spacial score (nSPS) is 21.3. The molecule has 1 aromatic heterocycles. The molecule has 3 atom stereocenters. The van der Waals surface area contributed by atoms with Crippen molar-refractivity contribution in [2.24, 2.45) is 7.05 Å². The fourth-order valence-corrected chi connectivity index (χ4v) is 4.22. The van der Waals surface area contributed by atoms with Crippen LogP contribution in [0.4, 0.5) is 18.9 Å². The third-order valence-electron chi connectivity index (χ3n) is 5.71. The Kier molecular flexibility index (Phi) is 4.73. The summed E-state index contributed by atoms with van der Waals surface area (Å²) in [5, 5.41) is 23.8. The minimum Gasteiger partial charge on any atom is -0.478 e. The maximum Gasteiger partial charge on any atom is 0.389 e. The van der Waals surface area contributed by atoms with E-state index in [-0.39, 0.29) is 16.8 Å². The second-order valence-corrected chi connectivity index (χ2v) is 7.55. The topological polar surface area (TPSA) is 87.4 Å². The molecule has 6 nitrogen and oxygen atoms in total. The zero-order valence-corrected chi connectivity index (χ0v) is 16.2. The van der Waals surface area contributed by atoms with Crippen LogP contribution in [0.2, 0.25) is 0 Å². The van der Waals surface area contributed by atoms with Crippen LogP contribution in [0.3, 0.4) is 0 Å². The molecule has 30 heavy (non-hydrogen) atoms. The quantitative estimate of drug-likeness (QED) is 0.594. The van der Waals surface area contributed by atoms with Gasteiger partial charge in [-0.25, -0.2) is 9.78 Å². The van der Waals surface area contributed by atoms with Crippen LogP contribution in [-0.4, -0.2) is 38.0 Å². The molecule has 1 aliphatic heterocycles. The average Bonchev–Trinajstić information content (AvgIpc) is 2.97. The maximum atomic E-state index is 13.5. The molecular formula is C21H20F3N3O3. The molecule has 0 aliphatic carbocycles. The number of nitrogens with zero attached hydrogens (tertiary/aromatic N) is 2. The van der Waals surface area contributed by atoms with E-state index in [0.717, 1.165) is 0 Å². The van der Waals surface area contributed by atoms with Crippen molar-refractivity contribution in [1.29, 1.82) is 0 Å². The Morgan fingerprint density at radius 3 is 2.53 bits per heavy atom. The van der Waals surface area contributed by atoms with Crippen molar-refractivity contribution in [3.05, 3.63) is 58.9 Å². The number of carboxylic acids is 1. The standard InChI is InChI=1S/C21H20F3N3O3/c1-10-25-17-14(27(10)2)8-12(20(29)30)15-13(9-21(22,23)24)19(28)16(26-18(15)17)11-6-4-3-5-7-11/h3-8,13,16,19,26,28H,9H2,1-2H3,(H,29,30)/t13-,16+,19+/m0/s1. The van der Waals surface area contributed by atoms with Crippen molar-refractivity contribution < 1.29 is 28.2 Å². The largest absolute Gasteiger partial charge is 0.478 e. The number of rotatable bonds is 3. The molecule has 0 fully saturated rings. The van der Waals surface area contributed by atoms with Gasteiger partial charge >= 0.3 is 12.1 Å². The first kappa shape index (κ1) is 20.2. The molecule has 0 saturated heterocycles. The zero-order chi connectivity index (χ0) is 21.8. The summed E-state index contributed by atoms with van der Waals surface area (Å²) in [6.07, 6.45) is -7.42. The van der Waals surface area contributed by atoms with Crippen LogP contribution in [0.1, 0.15) is 45.7 Å². The molecule has 0 saturated carbocycles. The van der Waals surface area contributed by atoms with E-state index in [2.05, 4.69) is 10.3 Å². The second-order valence-electron chi connectivity index (χ2n) is 7.55. The fraction of sp³-hybridized carbons (Fsp3) is 0.333. The number of benzene rings is 2. The highest BCUT2D eigenvalue weighted by molar-refractivity contribution is 6.02. The number of aliphatic hydroxyl groups excluding tert-OH is 1. The Balaban J connectivity index is 2.02. The number of aryl methyl sites for hydroxylation is 2. The monoisotopic (exact) mass is 419 g/mol. The molecule has 2 heterocycles. The predicted octanol–water partition coefficient (Wildman–Crippen LogP) is 4.14. The first-order valence-corrected chi connectivity index (χ1v) is 9.38. The summed E-state index contributed by atoms with van der Waals surface area (Å²) < 4.78 is 42.0. The Morgan fingerprint density at radius 2 is 1.93 bits per heavy atom. The van der Waals surface area contributed by atoms with Crippen LogP contribution in [-0.2, 0) is 7.05 Å². The highest BCUT2D eigenvalue weighted by atomic mass is 19.4. The molecule has 0 unspecified atom stereocenters. The van der Waals surface area contributed by atoms with E-state index >= 15 is 0 Å². The fourth-order valence-electron chi connectivity index (χ4n) is 4.22. The number of carbonyl (C=O) groups is 1. The maximum absolute atomic E-state index is 13.5. The molecule has 4 rings (SSSR count). The minimum atomic E-state index is -4.59. The number of imidazole rings is 1. The Hall–Kier alpha value is -3.07. The Morgan fingerprint density at radius 1 is 1.27 bits per heavy atom. The molecule has 3 aromatic rings. The number of alkyl halides is 3. The van der Waals surface area contributed by atoms with Crippen LogP contribution in [0.5, 0.6) is 0 Å². The second kappa shape index (κ2) is 7.02. The van der Waals surface area contributed by atoms with Gasteiger partial charge in [0.2, 0.25) is 0 Å². The van der Waals surface area contributed by atoms with E-state index < -0.39 is 36.6 Å². The van der Waals surface area contributed by atoms with Gasteiger partial charge in [-0.15, -0.1) is 0 Å². The van der Waals surface area contributed by atoms with Crippen LogP contribution in [0.15, 0.2) is 36.4 Å². The lowest BCUT2D eigenvalue weighted by molar-refractivity contribution is -0.145. The molecule has 0 spiro atoms. The number of halogens is 3. The number of hydrogen-bond donors (Lipinski definition) is 3. The molecule has 2 aromatic carbocycles. The van der Waals surface area contributed by atoms with E-state index in [1.54, 1.807) is 48.9 Å². The van der Waals surface area contributed by atoms with Crippen LogP contribution in [0, 0.1) is 6.92 Å². The van der Waals surface area contributed by atoms with Gasteiger partial charge in [-0.05, 0) is 24.1 Å². The lowest BCUT2D eigenvalue weighted by atomic mass is 9.77. The average molecular weight is 419 g/mol. The number of anilines is 1. The SMILES string of the molecule is Cc1nc2c3c(c(C(=O)O)cc2n1C)[C@H](CC(F)(F)F)[C@@H](O)[C@@H](c1ccccc1)N3. The van der Waals surface area contributed by atoms with E-state index in [4.69, 9.17) is 0 Å². The first-order valence-electron chi connectivity index (χ1n) is 9.38. The number of aromatic nitrogens is 2. The van der Waals surface area contributed by atoms with Gasteiger partial charge in [0.1, 0.15) is 11.3 Å². The third kappa shape index (κ3) is 3.28. The molecule has 158 valence electrons. The number of aromatic carboxylic acids is 1. The number of nitrogens with one attached hydrogen (secondary N) is 1. The van der Waals surface area contributed by atoms with Gasteiger partial charge in [0.25, 0.3) is 0 Å². The molecule has 0 amide bonds. The van der Waals surface area contributed by atoms with Gasteiger partial charge in [-0.2, -0.15) is 13.2 Å². The van der Waals surface area contributed by atoms with E-state index in [0.29, 0.717) is 22.4 Å². The highest BCUT2D eigenvalue weighted by Gasteiger charge is 2.45. The predicted molar refractivity (Wildman–Crippen MR) is 105 cm³/mol. The first-order chi connectivity index (χ1) is 14.1. The van der Waals surface area contributed by atoms with Crippen LogP contribution >= 0.6 is 0 Å². The Labute approximate surface area is 170 Å². The van der Waals surface area contributed by atoms with Crippen LogP contribution < -0.4 is 5.32 Å². The van der Waals surface area contributed by atoms with Gasteiger partial charge in [0.05, 0.1) is 35.3 Å². The van der Waals surface area contributed by atoms with Crippen molar-refractivity contribution in [3.63, 3.8) is 0 Å². The molecular weight excluding hydrogens is 399 g/mol. The zero-order valence-electron chi connectivity index (χ0n) is 16.2. The van der Waals surface area contributed by atoms with E-state index in [1.165, 1.54) is 6.07 Å². The summed E-state index contributed by atoms with van der Waals surface area (Å²) in [4.78, 5) is 16.4. The van der Waals surface area contributed by atoms with E-state index in [1.807, 2.05) is 0 Å². The number of fused-ring (bicyclic) bond motifs is 3. The summed E-state index contributed by atoms with van der Waals surface area (Å²) >= 11 is 0. The van der Waals surface area contributed by atoms with Gasteiger partial charge in [-0.3, -0.25) is 0 Å². The molecule has 1 aliphatic rings. The van der Waals surface area contributed by atoms with Crippen molar-refractivity contribution in [2.45, 2.75) is 37.6 Å².